The van der Waals surface area contributed by atoms with E-state index in [1.165, 1.54) is 6.42 Å². The lowest BCUT2D eigenvalue weighted by atomic mass is 10.0. The normalized spacial score (nSPS) is 22.6. The number of rotatable bonds is 2. The van der Waals surface area contributed by atoms with Crippen LogP contribution >= 0.6 is 11.3 Å². The van der Waals surface area contributed by atoms with E-state index < -0.39 is 0 Å². The van der Waals surface area contributed by atoms with Crippen molar-refractivity contribution in [1.29, 1.82) is 0 Å². The number of nitrogens with zero attached hydrogens (tertiary/aromatic N) is 1. The third-order valence-electron chi connectivity index (χ3n) is 2.34. The Kier molecular flexibility index (Phi) is 5.07. The van der Waals surface area contributed by atoms with Gasteiger partial charge in [0.05, 0.1) is 6.04 Å². The smallest absolute Gasteiger partial charge is 0.110 e. The van der Waals surface area contributed by atoms with Gasteiger partial charge in [-0.2, -0.15) is 0 Å². The van der Waals surface area contributed by atoms with Gasteiger partial charge < -0.3 is 11.1 Å². The Morgan fingerprint density at radius 3 is 2.93 bits per heavy atom. The second-order valence-corrected chi connectivity index (χ2v) is 4.08. The lowest BCUT2D eigenvalue weighted by Crippen LogP contribution is -2.23. The summed E-state index contributed by atoms with van der Waals surface area (Å²) in [5, 5.41) is 6.37. The molecule has 1 saturated heterocycles. The van der Waals surface area contributed by atoms with Crippen LogP contribution in [-0.2, 0) is 0 Å². The van der Waals surface area contributed by atoms with Gasteiger partial charge in [0.2, 0.25) is 0 Å². The first-order valence-corrected chi connectivity index (χ1v) is 6.11. The van der Waals surface area contributed by atoms with Crippen molar-refractivity contribution in [3.63, 3.8) is 0 Å². The highest BCUT2D eigenvalue weighted by Gasteiger charge is 2.24. The fourth-order valence-corrected chi connectivity index (χ4v) is 2.32. The molecule has 2 atom stereocenters. The summed E-state index contributed by atoms with van der Waals surface area (Å²) < 4.78 is 0. The van der Waals surface area contributed by atoms with Gasteiger partial charge in [0, 0.05) is 11.6 Å². The van der Waals surface area contributed by atoms with Crippen molar-refractivity contribution >= 4 is 11.3 Å². The molecule has 1 aliphatic rings. The fraction of sp³-hybridized carbons (Fsp3) is 0.700. The molecule has 80 valence electrons. The van der Waals surface area contributed by atoms with E-state index in [-0.39, 0.29) is 6.04 Å². The van der Waals surface area contributed by atoms with Crippen molar-refractivity contribution in [2.24, 2.45) is 11.7 Å². The number of nitrogens with one attached hydrogen (secondary N) is 1. The number of hydrogen-bond acceptors (Lipinski definition) is 4. The highest BCUT2D eigenvalue weighted by molar-refractivity contribution is 7.09. The number of thiazole rings is 1. The standard InChI is InChI=1S/C8H13N3S.C2H6/c9-7(6-1-2-10-5-6)8-11-3-4-12-8;1-2/h3-4,6-7,10H,1-2,5,9H2;1-2H3. The summed E-state index contributed by atoms with van der Waals surface area (Å²) in [6, 6.07) is 0.139. The van der Waals surface area contributed by atoms with E-state index in [0.717, 1.165) is 18.1 Å². The SMILES string of the molecule is CC.NC(c1nccs1)C1CCNC1. The first-order chi connectivity index (χ1) is 6.88. The van der Waals surface area contributed by atoms with E-state index in [1.54, 1.807) is 11.3 Å². The molecular weight excluding hydrogens is 194 g/mol. The van der Waals surface area contributed by atoms with Crippen LogP contribution in [0.5, 0.6) is 0 Å². The van der Waals surface area contributed by atoms with Crippen LogP contribution < -0.4 is 11.1 Å². The van der Waals surface area contributed by atoms with Crippen LogP contribution in [0.3, 0.4) is 0 Å². The predicted molar refractivity (Wildman–Crippen MR) is 61.4 cm³/mol. The summed E-state index contributed by atoms with van der Waals surface area (Å²) in [4.78, 5) is 4.23. The van der Waals surface area contributed by atoms with Crippen LogP contribution in [0.2, 0.25) is 0 Å². The quantitative estimate of drug-likeness (QED) is 0.787. The molecule has 2 rings (SSSR count). The second-order valence-electron chi connectivity index (χ2n) is 3.15. The minimum absolute atomic E-state index is 0.139. The number of nitrogens with two attached hydrogens (primary N) is 1. The molecule has 1 fully saturated rings. The van der Waals surface area contributed by atoms with E-state index in [9.17, 15) is 0 Å². The van der Waals surface area contributed by atoms with Crippen LogP contribution in [0.1, 0.15) is 31.3 Å². The Balaban J connectivity index is 0.000000461. The molecule has 3 N–H and O–H groups in total. The Morgan fingerprint density at radius 2 is 2.43 bits per heavy atom. The van der Waals surface area contributed by atoms with Crippen molar-refractivity contribution in [2.45, 2.75) is 26.3 Å². The Hall–Kier alpha value is -0.450. The molecule has 0 aromatic carbocycles. The molecule has 1 aromatic rings. The van der Waals surface area contributed by atoms with Gasteiger partial charge in [-0.05, 0) is 25.4 Å². The maximum atomic E-state index is 6.05. The van der Waals surface area contributed by atoms with Gasteiger partial charge in [0.15, 0.2) is 0 Å². The number of aromatic nitrogens is 1. The van der Waals surface area contributed by atoms with E-state index in [1.807, 2.05) is 25.4 Å². The van der Waals surface area contributed by atoms with E-state index in [0.29, 0.717) is 5.92 Å². The largest absolute Gasteiger partial charge is 0.322 e. The number of hydrogen-bond donors (Lipinski definition) is 2. The summed E-state index contributed by atoms with van der Waals surface area (Å²) in [6.07, 6.45) is 3.00. The van der Waals surface area contributed by atoms with Crippen molar-refractivity contribution < 1.29 is 0 Å². The second kappa shape index (κ2) is 6.11. The van der Waals surface area contributed by atoms with Crippen LogP contribution in [-0.4, -0.2) is 18.1 Å². The Labute approximate surface area is 89.7 Å². The molecule has 2 unspecified atom stereocenters. The first-order valence-electron chi connectivity index (χ1n) is 5.23. The zero-order chi connectivity index (χ0) is 10.4. The molecule has 0 aliphatic carbocycles. The van der Waals surface area contributed by atoms with Crippen LogP contribution in [0.15, 0.2) is 11.6 Å². The molecule has 0 bridgehead atoms. The Bertz CT molecular complexity index is 230. The summed E-state index contributed by atoms with van der Waals surface area (Å²) >= 11 is 1.65. The van der Waals surface area contributed by atoms with Crippen LogP contribution in [0.4, 0.5) is 0 Å². The minimum atomic E-state index is 0.139. The van der Waals surface area contributed by atoms with Crippen molar-refractivity contribution in [1.82, 2.24) is 10.3 Å². The lowest BCUT2D eigenvalue weighted by Gasteiger charge is -2.14. The predicted octanol–water partition coefficient (Wildman–Crippen LogP) is 1.78. The van der Waals surface area contributed by atoms with E-state index >= 15 is 0 Å². The molecule has 4 heteroatoms. The molecule has 1 aliphatic heterocycles. The molecule has 1 aromatic heterocycles. The fourth-order valence-electron chi connectivity index (χ4n) is 1.58. The molecule has 0 saturated carbocycles. The van der Waals surface area contributed by atoms with Gasteiger partial charge in [-0.25, -0.2) is 4.98 Å². The molecule has 0 amide bonds. The van der Waals surface area contributed by atoms with Crippen LogP contribution in [0.25, 0.3) is 0 Å². The topological polar surface area (TPSA) is 50.9 Å². The average Bonchev–Trinajstić information content (AvgIpc) is 2.93. The highest BCUT2D eigenvalue weighted by atomic mass is 32.1. The summed E-state index contributed by atoms with van der Waals surface area (Å²) in [7, 11) is 0. The van der Waals surface area contributed by atoms with Crippen molar-refractivity contribution in [3.05, 3.63) is 16.6 Å². The van der Waals surface area contributed by atoms with Gasteiger partial charge in [0.1, 0.15) is 5.01 Å². The first kappa shape index (κ1) is 11.6. The summed E-state index contributed by atoms with van der Waals surface area (Å²) in [6.45, 7) is 6.14. The zero-order valence-electron chi connectivity index (χ0n) is 8.86. The molecule has 14 heavy (non-hydrogen) atoms. The zero-order valence-corrected chi connectivity index (χ0v) is 9.68. The van der Waals surface area contributed by atoms with Crippen molar-refractivity contribution in [2.75, 3.05) is 13.1 Å². The maximum Gasteiger partial charge on any atom is 0.110 e. The average molecular weight is 213 g/mol. The summed E-state index contributed by atoms with van der Waals surface area (Å²) in [5.41, 5.74) is 6.05. The van der Waals surface area contributed by atoms with E-state index in [2.05, 4.69) is 10.3 Å². The van der Waals surface area contributed by atoms with Gasteiger partial charge in [-0.1, -0.05) is 13.8 Å². The highest BCUT2D eigenvalue weighted by Crippen LogP contribution is 2.25. The Morgan fingerprint density at radius 1 is 1.64 bits per heavy atom. The molecule has 2 heterocycles. The van der Waals surface area contributed by atoms with Crippen LogP contribution in [0, 0.1) is 5.92 Å². The molecule has 3 nitrogen and oxygen atoms in total. The van der Waals surface area contributed by atoms with Gasteiger partial charge in [0.25, 0.3) is 0 Å². The monoisotopic (exact) mass is 213 g/mol. The third kappa shape index (κ3) is 2.77. The van der Waals surface area contributed by atoms with Crippen molar-refractivity contribution in [3.8, 4) is 0 Å². The molecule has 0 spiro atoms. The molecule has 0 radical (unpaired) electrons. The van der Waals surface area contributed by atoms with Gasteiger partial charge >= 0.3 is 0 Å². The maximum absolute atomic E-state index is 6.05. The summed E-state index contributed by atoms with van der Waals surface area (Å²) in [5.74, 6) is 0.580. The van der Waals surface area contributed by atoms with Gasteiger partial charge in [-0.3, -0.25) is 0 Å². The van der Waals surface area contributed by atoms with E-state index in [4.69, 9.17) is 5.73 Å². The lowest BCUT2D eigenvalue weighted by molar-refractivity contribution is 0.468. The minimum Gasteiger partial charge on any atom is -0.322 e. The van der Waals surface area contributed by atoms with Gasteiger partial charge in [-0.15, -0.1) is 11.3 Å². The molecular formula is C10H19N3S. The third-order valence-corrected chi connectivity index (χ3v) is 3.22.